The molecule has 0 aliphatic carbocycles. The Morgan fingerprint density at radius 2 is 1.06 bits per heavy atom. The molecule has 11 heteroatoms. The van der Waals surface area contributed by atoms with E-state index >= 15 is 0 Å². The lowest BCUT2D eigenvalue weighted by Gasteiger charge is -2.18. The van der Waals surface area contributed by atoms with Crippen LogP contribution in [0.3, 0.4) is 0 Å². The van der Waals surface area contributed by atoms with Crippen LogP contribution in [-0.4, -0.2) is 43.9 Å². The van der Waals surface area contributed by atoms with Crippen molar-refractivity contribution in [3.8, 4) is 0 Å². The van der Waals surface area contributed by atoms with Crippen LogP contribution in [0, 0.1) is 0 Å². The summed E-state index contributed by atoms with van der Waals surface area (Å²) >= 11 is 0. The van der Waals surface area contributed by atoms with Gasteiger partial charge in [0.25, 0.3) is 0 Å². The molecular formula is C6H18ClN3O7. The lowest BCUT2D eigenvalue weighted by molar-refractivity contribution is -0.170. The average molecular weight is 280 g/mol. The first kappa shape index (κ1) is 29.6. The van der Waals surface area contributed by atoms with Gasteiger partial charge in [-0.05, 0) is 0 Å². The van der Waals surface area contributed by atoms with Crippen molar-refractivity contribution in [2.75, 3.05) is 0 Å². The highest BCUT2D eigenvalue weighted by molar-refractivity contribution is 5.88. The Balaban J connectivity index is -0.000000120. The second-order valence-electron chi connectivity index (χ2n) is 2.48. The SMILES string of the molecule is Cl.N.N.N.O=C(O)CC(O)(CC(=O)O)C(=O)O. The van der Waals surface area contributed by atoms with Crippen LogP contribution >= 0.6 is 12.4 Å². The van der Waals surface area contributed by atoms with Crippen LogP contribution in [-0.2, 0) is 14.4 Å². The summed E-state index contributed by atoms with van der Waals surface area (Å²) in [5, 5.41) is 33.8. The van der Waals surface area contributed by atoms with Gasteiger partial charge in [-0.1, -0.05) is 0 Å². The van der Waals surface area contributed by atoms with Crippen molar-refractivity contribution in [1.29, 1.82) is 0 Å². The maximum atomic E-state index is 10.3. The third kappa shape index (κ3) is 10.8. The average Bonchev–Trinajstić information content (AvgIpc) is 1.82. The summed E-state index contributed by atoms with van der Waals surface area (Å²) in [5.41, 5.74) is -2.74. The zero-order valence-electron chi connectivity index (χ0n) is 8.96. The van der Waals surface area contributed by atoms with Gasteiger partial charge in [0.2, 0.25) is 0 Å². The maximum Gasteiger partial charge on any atom is 0.336 e. The number of carboxylic acids is 3. The van der Waals surface area contributed by atoms with Crippen molar-refractivity contribution in [2.24, 2.45) is 0 Å². The van der Waals surface area contributed by atoms with E-state index in [-0.39, 0.29) is 30.9 Å². The zero-order valence-corrected chi connectivity index (χ0v) is 9.77. The van der Waals surface area contributed by atoms with E-state index in [9.17, 15) is 14.4 Å². The Morgan fingerprint density at radius 1 is 0.824 bits per heavy atom. The van der Waals surface area contributed by atoms with Gasteiger partial charge < -0.3 is 38.9 Å². The second kappa shape index (κ2) is 11.0. The molecule has 0 saturated carbocycles. The molecular weight excluding hydrogens is 262 g/mol. The largest absolute Gasteiger partial charge is 0.481 e. The predicted molar refractivity (Wildman–Crippen MR) is 59.4 cm³/mol. The Labute approximate surface area is 103 Å². The molecule has 0 amide bonds. The van der Waals surface area contributed by atoms with Gasteiger partial charge in [0.1, 0.15) is 0 Å². The molecule has 0 unspecified atom stereocenters. The van der Waals surface area contributed by atoms with E-state index in [2.05, 4.69) is 0 Å². The van der Waals surface area contributed by atoms with E-state index in [4.69, 9.17) is 20.4 Å². The van der Waals surface area contributed by atoms with E-state index in [0.29, 0.717) is 0 Å². The fourth-order valence-corrected chi connectivity index (χ4v) is 0.714. The minimum atomic E-state index is -2.74. The molecule has 0 heterocycles. The highest BCUT2D eigenvalue weighted by Gasteiger charge is 2.40. The highest BCUT2D eigenvalue weighted by atomic mass is 35.5. The van der Waals surface area contributed by atoms with Crippen molar-refractivity contribution < 1.29 is 34.8 Å². The lowest BCUT2D eigenvalue weighted by atomic mass is 9.96. The maximum absolute atomic E-state index is 10.3. The van der Waals surface area contributed by atoms with Crippen molar-refractivity contribution in [1.82, 2.24) is 18.5 Å². The number of halogens is 1. The van der Waals surface area contributed by atoms with E-state index in [1.165, 1.54) is 0 Å². The van der Waals surface area contributed by atoms with Crippen molar-refractivity contribution in [3.05, 3.63) is 0 Å². The minimum Gasteiger partial charge on any atom is -0.481 e. The topological polar surface area (TPSA) is 237 Å². The summed E-state index contributed by atoms with van der Waals surface area (Å²) in [6.07, 6.45) is -2.29. The molecule has 0 spiro atoms. The van der Waals surface area contributed by atoms with Gasteiger partial charge in [-0.3, -0.25) is 9.59 Å². The standard InChI is InChI=1S/C6H8O7.ClH.3H3N/c7-3(8)1-6(13,5(11)12)2-4(9)10;;;;/h13H,1-2H2,(H,7,8)(H,9,10)(H,11,12);1H;3*1H3. The molecule has 0 radical (unpaired) electrons. The fourth-order valence-electron chi connectivity index (χ4n) is 0.714. The number of aliphatic hydroxyl groups is 1. The number of rotatable bonds is 5. The van der Waals surface area contributed by atoms with Crippen LogP contribution < -0.4 is 18.5 Å². The Kier molecular flexibility index (Phi) is 19.2. The third-order valence-electron chi connectivity index (χ3n) is 1.29. The molecule has 0 saturated heterocycles. The molecule has 0 aliphatic rings. The number of aliphatic carboxylic acids is 3. The van der Waals surface area contributed by atoms with E-state index < -0.39 is 36.4 Å². The van der Waals surface area contributed by atoms with Crippen molar-refractivity contribution >= 4 is 30.3 Å². The van der Waals surface area contributed by atoms with Crippen LogP contribution in [0.5, 0.6) is 0 Å². The van der Waals surface area contributed by atoms with E-state index in [1.807, 2.05) is 0 Å². The molecule has 0 aromatic rings. The molecule has 13 N–H and O–H groups in total. The quantitative estimate of drug-likeness (QED) is 0.345. The number of hydrogen-bond donors (Lipinski definition) is 7. The zero-order chi connectivity index (χ0) is 10.6. The summed E-state index contributed by atoms with van der Waals surface area (Å²) in [6.45, 7) is 0. The Morgan fingerprint density at radius 3 is 1.18 bits per heavy atom. The van der Waals surface area contributed by atoms with Crippen molar-refractivity contribution in [3.63, 3.8) is 0 Å². The minimum absolute atomic E-state index is 0. The van der Waals surface area contributed by atoms with Crippen molar-refractivity contribution in [2.45, 2.75) is 18.4 Å². The molecule has 10 nitrogen and oxygen atoms in total. The van der Waals surface area contributed by atoms with Crippen LogP contribution in [0.15, 0.2) is 0 Å². The monoisotopic (exact) mass is 279 g/mol. The van der Waals surface area contributed by atoms with Gasteiger partial charge in [0.05, 0.1) is 12.8 Å². The van der Waals surface area contributed by atoms with Crippen LogP contribution in [0.4, 0.5) is 0 Å². The van der Waals surface area contributed by atoms with Gasteiger partial charge in [0, 0.05) is 0 Å². The summed E-state index contributed by atoms with van der Waals surface area (Å²) in [4.78, 5) is 30.5. The molecule has 0 bridgehead atoms. The summed E-state index contributed by atoms with van der Waals surface area (Å²) in [6, 6.07) is 0. The molecule has 106 valence electrons. The van der Waals surface area contributed by atoms with Crippen LogP contribution in [0.2, 0.25) is 0 Å². The van der Waals surface area contributed by atoms with Gasteiger partial charge in [-0.15, -0.1) is 12.4 Å². The summed E-state index contributed by atoms with van der Waals surface area (Å²) in [5.74, 6) is -5.02. The number of hydrogen-bond acceptors (Lipinski definition) is 7. The molecule has 0 aliphatic heterocycles. The van der Waals surface area contributed by atoms with E-state index in [1.54, 1.807) is 0 Å². The lowest BCUT2D eigenvalue weighted by Crippen LogP contribution is -2.42. The van der Waals surface area contributed by atoms with E-state index in [0.717, 1.165) is 0 Å². The smallest absolute Gasteiger partial charge is 0.336 e. The molecule has 0 aromatic heterocycles. The highest BCUT2D eigenvalue weighted by Crippen LogP contribution is 2.15. The predicted octanol–water partition coefficient (Wildman–Crippen LogP) is -0.341. The second-order valence-corrected chi connectivity index (χ2v) is 2.48. The summed E-state index contributed by atoms with van der Waals surface area (Å²) in [7, 11) is 0. The first-order chi connectivity index (χ1) is 5.78. The third-order valence-corrected chi connectivity index (χ3v) is 1.29. The summed E-state index contributed by atoms with van der Waals surface area (Å²) < 4.78 is 0. The van der Waals surface area contributed by atoms with Crippen LogP contribution in [0.1, 0.15) is 12.8 Å². The molecule has 0 aromatic carbocycles. The van der Waals surface area contributed by atoms with Gasteiger partial charge >= 0.3 is 17.9 Å². The molecule has 0 fully saturated rings. The van der Waals surface area contributed by atoms with Gasteiger partial charge in [0.15, 0.2) is 5.60 Å². The number of carbonyl (C=O) groups is 3. The molecule has 17 heavy (non-hydrogen) atoms. The Bertz CT molecular complexity index is 244. The fraction of sp³-hybridized carbons (Fsp3) is 0.500. The Hall–Kier alpha value is -1.46. The number of carboxylic acid groups (broad SMARTS) is 3. The van der Waals surface area contributed by atoms with Gasteiger partial charge in [-0.25, -0.2) is 4.79 Å². The van der Waals surface area contributed by atoms with Crippen LogP contribution in [0.25, 0.3) is 0 Å². The first-order valence-electron chi connectivity index (χ1n) is 3.17. The van der Waals surface area contributed by atoms with Gasteiger partial charge in [-0.2, -0.15) is 0 Å². The normalized spacial score (nSPS) is 8.29. The molecule has 0 rings (SSSR count). The molecule has 0 atom stereocenters. The first-order valence-corrected chi connectivity index (χ1v) is 3.17.